The van der Waals surface area contributed by atoms with Crippen molar-refractivity contribution in [1.82, 2.24) is 10.4 Å². The average Bonchev–Trinajstić information content (AvgIpc) is 2.40. The van der Waals surface area contributed by atoms with E-state index in [0.717, 1.165) is 38.1 Å². The molecule has 1 aliphatic rings. The quantitative estimate of drug-likeness (QED) is 0.864. The fraction of sp³-hybridized carbons (Fsp3) is 0.538. The Labute approximate surface area is 106 Å². The van der Waals surface area contributed by atoms with Crippen LogP contribution in [0, 0.1) is 11.6 Å². The monoisotopic (exact) mass is 255 g/mol. The van der Waals surface area contributed by atoms with Crippen LogP contribution in [0.15, 0.2) is 18.2 Å². The lowest BCUT2D eigenvalue weighted by Gasteiger charge is -2.31. The second kappa shape index (κ2) is 6.22. The van der Waals surface area contributed by atoms with Crippen LogP contribution >= 0.6 is 0 Å². The van der Waals surface area contributed by atoms with Crippen LogP contribution in [0.4, 0.5) is 8.78 Å². The molecule has 5 heteroatoms. The number of hydrogen-bond acceptors (Lipinski definition) is 3. The highest BCUT2D eigenvalue weighted by Crippen LogP contribution is 2.19. The van der Waals surface area contributed by atoms with E-state index in [4.69, 9.17) is 5.73 Å². The predicted molar refractivity (Wildman–Crippen MR) is 66.7 cm³/mol. The molecule has 0 radical (unpaired) electrons. The van der Waals surface area contributed by atoms with Gasteiger partial charge in [0.25, 0.3) is 0 Å². The maximum Gasteiger partial charge on any atom is 0.128 e. The summed E-state index contributed by atoms with van der Waals surface area (Å²) in [5, 5.41) is 2.05. The van der Waals surface area contributed by atoms with Gasteiger partial charge in [-0.15, -0.1) is 0 Å². The topological polar surface area (TPSA) is 41.3 Å². The Balaban J connectivity index is 2.09. The van der Waals surface area contributed by atoms with Crippen molar-refractivity contribution in [2.24, 2.45) is 5.73 Å². The molecular formula is C13H19F2N3. The van der Waals surface area contributed by atoms with Crippen LogP contribution in [0.5, 0.6) is 0 Å². The van der Waals surface area contributed by atoms with Crippen molar-refractivity contribution in [3.05, 3.63) is 35.4 Å². The number of nitrogens with one attached hydrogen (secondary N) is 1. The third-order valence-corrected chi connectivity index (χ3v) is 3.26. The smallest absolute Gasteiger partial charge is 0.128 e. The van der Waals surface area contributed by atoms with Gasteiger partial charge in [0.15, 0.2) is 0 Å². The molecule has 0 aliphatic carbocycles. The molecule has 0 bridgehead atoms. The molecule has 1 aliphatic heterocycles. The van der Waals surface area contributed by atoms with Gasteiger partial charge in [-0.1, -0.05) is 6.42 Å². The van der Waals surface area contributed by atoms with Gasteiger partial charge in [0.1, 0.15) is 11.6 Å². The van der Waals surface area contributed by atoms with Crippen molar-refractivity contribution < 1.29 is 8.78 Å². The number of nitrogens with zero attached hydrogens (tertiary/aromatic N) is 1. The molecule has 3 N–H and O–H groups in total. The van der Waals surface area contributed by atoms with E-state index >= 15 is 0 Å². The molecule has 2 rings (SSSR count). The van der Waals surface area contributed by atoms with E-state index < -0.39 is 11.6 Å². The summed E-state index contributed by atoms with van der Waals surface area (Å²) >= 11 is 0. The van der Waals surface area contributed by atoms with Crippen LogP contribution in [0.25, 0.3) is 0 Å². The van der Waals surface area contributed by atoms with Crippen molar-refractivity contribution in [2.45, 2.75) is 25.3 Å². The summed E-state index contributed by atoms with van der Waals surface area (Å²) in [4.78, 5) is 0. The summed E-state index contributed by atoms with van der Waals surface area (Å²) in [6, 6.07) is 3.10. The SMILES string of the molecule is NCC(NN1CCCCC1)c1cc(F)ccc1F. The van der Waals surface area contributed by atoms with Gasteiger partial charge in [-0.3, -0.25) is 0 Å². The summed E-state index contributed by atoms with van der Waals surface area (Å²) in [6.45, 7) is 2.08. The molecular weight excluding hydrogens is 236 g/mol. The van der Waals surface area contributed by atoms with Gasteiger partial charge in [0.2, 0.25) is 0 Å². The highest BCUT2D eigenvalue weighted by atomic mass is 19.1. The number of hydrazine groups is 1. The van der Waals surface area contributed by atoms with Crippen LogP contribution in [0.3, 0.4) is 0 Å². The zero-order valence-corrected chi connectivity index (χ0v) is 10.3. The number of halogens is 2. The summed E-state index contributed by atoms with van der Waals surface area (Å²) in [6.07, 6.45) is 3.46. The number of nitrogens with two attached hydrogens (primary N) is 1. The maximum atomic E-state index is 13.7. The second-order valence-electron chi connectivity index (χ2n) is 4.63. The maximum absolute atomic E-state index is 13.7. The molecule has 0 saturated carbocycles. The minimum absolute atomic E-state index is 0.233. The Kier molecular flexibility index (Phi) is 4.63. The standard InChI is InChI=1S/C13H19F2N3/c14-10-4-5-12(15)11(8-10)13(9-16)17-18-6-2-1-3-7-18/h4-5,8,13,17H,1-3,6-7,9,16H2. The lowest BCUT2D eigenvalue weighted by Crippen LogP contribution is -2.45. The molecule has 100 valence electrons. The largest absolute Gasteiger partial charge is 0.329 e. The molecule has 1 unspecified atom stereocenters. The zero-order chi connectivity index (χ0) is 13.0. The first kappa shape index (κ1) is 13.4. The molecule has 0 aromatic heterocycles. The van der Waals surface area contributed by atoms with Crippen molar-refractivity contribution in [1.29, 1.82) is 0 Å². The van der Waals surface area contributed by atoms with E-state index in [2.05, 4.69) is 5.43 Å². The van der Waals surface area contributed by atoms with Gasteiger partial charge >= 0.3 is 0 Å². The summed E-state index contributed by atoms with van der Waals surface area (Å²) in [5.41, 5.74) is 9.15. The number of hydrogen-bond donors (Lipinski definition) is 2. The Hall–Kier alpha value is -1.04. The molecule has 0 amide bonds. The molecule has 1 heterocycles. The van der Waals surface area contributed by atoms with Crippen LogP contribution in [-0.2, 0) is 0 Å². The number of benzene rings is 1. The third kappa shape index (κ3) is 3.25. The Morgan fingerprint density at radius 1 is 1.22 bits per heavy atom. The number of rotatable bonds is 4. The van der Waals surface area contributed by atoms with E-state index in [-0.39, 0.29) is 12.6 Å². The Bertz CT molecular complexity index is 392. The van der Waals surface area contributed by atoms with Gasteiger partial charge in [0, 0.05) is 25.2 Å². The fourth-order valence-electron chi connectivity index (χ4n) is 2.27. The average molecular weight is 255 g/mol. The van der Waals surface area contributed by atoms with Gasteiger partial charge < -0.3 is 5.73 Å². The molecule has 18 heavy (non-hydrogen) atoms. The summed E-state index contributed by atoms with van der Waals surface area (Å²) < 4.78 is 26.9. The molecule has 0 spiro atoms. The first-order valence-electron chi connectivity index (χ1n) is 6.37. The van der Waals surface area contributed by atoms with Crippen molar-refractivity contribution in [3.8, 4) is 0 Å². The van der Waals surface area contributed by atoms with Gasteiger partial charge in [-0.25, -0.2) is 19.2 Å². The summed E-state index contributed by atoms with van der Waals surface area (Å²) in [5.74, 6) is -0.860. The van der Waals surface area contributed by atoms with Gasteiger partial charge in [-0.05, 0) is 31.0 Å². The van der Waals surface area contributed by atoms with Crippen LogP contribution < -0.4 is 11.2 Å². The molecule has 1 aromatic rings. The molecule has 1 fully saturated rings. The minimum atomic E-state index is -0.440. The van der Waals surface area contributed by atoms with Crippen molar-refractivity contribution in [3.63, 3.8) is 0 Å². The fourth-order valence-corrected chi connectivity index (χ4v) is 2.27. The lowest BCUT2D eigenvalue weighted by molar-refractivity contribution is 0.129. The highest BCUT2D eigenvalue weighted by molar-refractivity contribution is 5.22. The van der Waals surface area contributed by atoms with E-state index in [1.807, 2.05) is 5.01 Å². The van der Waals surface area contributed by atoms with E-state index in [0.29, 0.717) is 5.56 Å². The highest BCUT2D eigenvalue weighted by Gasteiger charge is 2.19. The van der Waals surface area contributed by atoms with E-state index in [9.17, 15) is 8.78 Å². The van der Waals surface area contributed by atoms with Crippen LogP contribution in [0.2, 0.25) is 0 Å². The van der Waals surface area contributed by atoms with Crippen molar-refractivity contribution in [2.75, 3.05) is 19.6 Å². The van der Waals surface area contributed by atoms with Gasteiger partial charge in [-0.2, -0.15) is 0 Å². The normalized spacial score (nSPS) is 18.8. The minimum Gasteiger partial charge on any atom is -0.329 e. The lowest BCUT2D eigenvalue weighted by atomic mass is 10.1. The first-order valence-corrected chi connectivity index (χ1v) is 6.37. The predicted octanol–water partition coefficient (Wildman–Crippen LogP) is 1.96. The molecule has 1 aromatic carbocycles. The van der Waals surface area contributed by atoms with Crippen LogP contribution in [-0.4, -0.2) is 24.6 Å². The molecule has 1 atom stereocenters. The van der Waals surface area contributed by atoms with Gasteiger partial charge in [0.05, 0.1) is 6.04 Å². The third-order valence-electron chi connectivity index (χ3n) is 3.26. The van der Waals surface area contributed by atoms with Crippen LogP contribution in [0.1, 0.15) is 30.9 Å². The second-order valence-corrected chi connectivity index (χ2v) is 4.63. The Morgan fingerprint density at radius 3 is 2.61 bits per heavy atom. The molecule has 3 nitrogen and oxygen atoms in total. The first-order chi connectivity index (χ1) is 8.70. The number of piperidine rings is 1. The van der Waals surface area contributed by atoms with E-state index in [1.165, 1.54) is 12.5 Å². The zero-order valence-electron chi connectivity index (χ0n) is 10.3. The van der Waals surface area contributed by atoms with E-state index in [1.54, 1.807) is 0 Å². The molecule has 1 saturated heterocycles. The summed E-state index contributed by atoms with van der Waals surface area (Å²) in [7, 11) is 0. The Morgan fingerprint density at radius 2 is 1.94 bits per heavy atom. The van der Waals surface area contributed by atoms with Crippen molar-refractivity contribution >= 4 is 0 Å².